The van der Waals surface area contributed by atoms with E-state index in [1.54, 1.807) is 11.1 Å². The monoisotopic (exact) mass is 514 g/mol. The van der Waals surface area contributed by atoms with E-state index in [1.165, 1.54) is 38.5 Å². The number of rotatable bonds is 10. The molecular formula is C26H42Cl2Zr. The van der Waals surface area contributed by atoms with Gasteiger partial charge >= 0.3 is 182 Å². The molecule has 0 aromatic rings. The summed E-state index contributed by atoms with van der Waals surface area (Å²) in [6.07, 6.45) is 17.5. The van der Waals surface area contributed by atoms with Gasteiger partial charge in [-0.3, -0.25) is 0 Å². The molecule has 0 aromatic heterocycles. The van der Waals surface area contributed by atoms with Gasteiger partial charge in [0.2, 0.25) is 0 Å². The van der Waals surface area contributed by atoms with Crippen molar-refractivity contribution in [2.24, 2.45) is 22.7 Å². The molecule has 0 aromatic carbocycles. The summed E-state index contributed by atoms with van der Waals surface area (Å²) in [6.45, 7) is 19.4. The van der Waals surface area contributed by atoms with Gasteiger partial charge in [-0.1, -0.05) is 0 Å². The molecule has 0 nitrogen and oxygen atoms in total. The minimum atomic E-state index is -0.685. The average molecular weight is 517 g/mol. The molecule has 2 rings (SSSR count). The fourth-order valence-electron chi connectivity index (χ4n) is 5.25. The maximum absolute atomic E-state index is 2.52. The molecule has 2 aliphatic rings. The Bertz CT molecular complexity index is 598. The molecule has 2 atom stereocenters. The van der Waals surface area contributed by atoms with E-state index in [2.05, 4.69) is 79.7 Å². The second-order valence-corrected chi connectivity index (χ2v) is 13.7. The van der Waals surface area contributed by atoms with Crippen molar-refractivity contribution in [1.29, 1.82) is 0 Å². The molecule has 0 aliphatic heterocycles. The van der Waals surface area contributed by atoms with Gasteiger partial charge in [-0.25, -0.2) is 0 Å². The zero-order valence-electron chi connectivity index (χ0n) is 20.0. The van der Waals surface area contributed by atoms with Crippen LogP contribution in [-0.4, -0.2) is 0 Å². The van der Waals surface area contributed by atoms with E-state index in [9.17, 15) is 0 Å². The Balaban J connectivity index is 0.00000392. The Morgan fingerprint density at radius 2 is 1.10 bits per heavy atom. The van der Waals surface area contributed by atoms with Crippen molar-refractivity contribution in [2.45, 2.75) is 93.9 Å². The molecule has 2 unspecified atom stereocenters. The van der Waals surface area contributed by atoms with Crippen LogP contribution in [0.2, 0.25) is 0 Å². The van der Waals surface area contributed by atoms with Crippen LogP contribution in [0.25, 0.3) is 0 Å². The van der Waals surface area contributed by atoms with Crippen LogP contribution in [0, 0.1) is 22.7 Å². The topological polar surface area (TPSA) is 0 Å². The average Bonchev–Trinajstić information content (AvgIpc) is 3.23. The summed E-state index contributed by atoms with van der Waals surface area (Å²) in [4.78, 5) is 0. The summed E-state index contributed by atoms with van der Waals surface area (Å²) in [6, 6.07) is 0. The Labute approximate surface area is 205 Å². The van der Waals surface area contributed by atoms with Crippen LogP contribution in [0.5, 0.6) is 0 Å². The Morgan fingerprint density at radius 3 is 1.38 bits per heavy atom. The van der Waals surface area contributed by atoms with Crippen LogP contribution in [-0.2, 0) is 23.2 Å². The van der Waals surface area contributed by atoms with Gasteiger partial charge in [-0.15, -0.1) is 0 Å². The van der Waals surface area contributed by atoms with Crippen LogP contribution < -0.4 is 24.8 Å². The van der Waals surface area contributed by atoms with E-state index in [0.717, 1.165) is 11.8 Å². The van der Waals surface area contributed by atoms with E-state index >= 15 is 0 Å². The first kappa shape index (κ1) is 29.4. The number of hydrogen-bond donors (Lipinski definition) is 0. The van der Waals surface area contributed by atoms with Crippen molar-refractivity contribution in [1.82, 2.24) is 0 Å². The van der Waals surface area contributed by atoms with Gasteiger partial charge < -0.3 is 24.8 Å². The van der Waals surface area contributed by atoms with Gasteiger partial charge in [0.15, 0.2) is 0 Å². The van der Waals surface area contributed by atoms with Crippen molar-refractivity contribution < 1.29 is 48.0 Å². The first-order chi connectivity index (χ1) is 12.6. The minimum absolute atomic E-state index is 0. The van der Waals surface area contributed by atoms with Crippen molar-refractivity contribution in [3.05, 3.63) is 42.0 Å². The molecule has 164 valence electrons. The van der Waals surface area contributed by atoms with Gasteiger partial charge in [0, 0.05) is 0 Å². The second kappa shape index (κ2) is 12.5. The number of allylic oxidation sites excluding steroid dienone is 8. The smallest absolute Gasteiger partial charge is 1.00 e. The van der Waals surface area contributed by atoms with Crippen molar-refractivity contribution in [3.8, 4) is 0 Å². The maximum Gasteiger partial charge on any atom is -1.00 e. The molecule has 0 amide bonds. The van der Waals surface area contributed by atoms with Gasteiger partial charge in [-0.05, 0) is 0 Å². The molecule has 0 heterocycles. The first-order valence-corrected chi connectivity index (χ1v) is 13.7. The van der Waals surface area contributed by atoms with Crippen LogP contribution in [0.4, 0.5) is 0 Å². The summed E-state index contributed by atoms with van der Waals surface area (Å²) in [5, 5.41) is 0. The van der Waals surface area contributed by atoms with Crippen LogP contribution in [0.15, 0.2) is 42.0 Å². The molecule has 0 spiro atoms. The Morgan fingerprint density at radius 1 is 0.759 bits per heavy atom. The van der Waals surface area contributed by atoms with E-state index < -0.39 is 23.2 Å². The fraction of sp³-hybridized carbons (Fsp3) is 0.692. The summed E-state index contributed by atoms with van der Waals surface area (Å²) in [5.41, 5.74) is 4.20. The molecular weight excluding hydrogens is 474 g/mol. The maximum atomic E-state index is 2.52. The van der Waals surface area contributed by atoms with Gasteiger partial charge in [0.25, 0.3) is 0 Å². The normalized spacial score (nSPS) is 19.9. The van der Waals surface area contributed by atoms with E-state index in [1.807, 2.05) is 6.56 Å². The quantitative estimate of drug-likeness (QED) is 0.419. The van der Waals surface area contributed by atoms with Gasteiger partial charge in [-0.2, -0.15) is 0 Å². The largest absolute Gasteiger partial charge is 1.00 e. The summed E-state index contributed by atoms with van der Waals surface area (Å²) < 4.78 is 3.73. The molecule has 0 bridgehead atoms. The van der Waals surface area contributed by atoms with Crippen molar-refractivity contribution in [2.75, 3.05) is 0 Å². The van der Waals surface area contributed by atoms with Crippen molar-refractivity contribution >= 4 is 0 Å². The molecule has 0 saturated heterocycles. The Hall–Kier alpha value is 0.423. The molecule has 0 fully saturated rings. The van der Waals surface area contributed by atoms with E-state index in [4.69, 9.17) is 0 Å². The summed E-state index contributed by atoms with van der Waals surface area (Å²) in [5.74, 6) is 1.53. The fourth-order valence-corrected chi connectivity index (χ4v) is 9.78. The third-order valence-corrected chi connectivity index (χ3v) is 10.6. The third kappa shape index (κ3) is 7.22. The van der Waals surface area contributed by atoms with Crippen LogP contribution in [0.3, 0.4) is 0 Å². The van der Waals surface area contributed by atoms with Crippen LogP contribution in [0.1, 0.15) is 93.9 Å². The second-order valence-electron chi connectivity index (χ2n) is 10.1. The molecule has 3 heteroatoms. The predicted molar refractivity (Wildman–Crippen MR) is 117 cm³/mol. The van der Waals surface area contributed by atoms with Gasteiger partial charge in [0.05, 0.1) is 0 Å². The molecule has 29 heavy (non-hydrogen) atoms. The summed E-state index contributed by atoms with van der Waals surface area (Å²) >= 11 is -0.685. The molecule has 0 radical (unpaired) electrons. The zero-order chi connectivity index (χ0) is 20.2. The SMILES string of the molecule is CCC(C)(CC(C)C)C1=[C]([Zr+2][C]2=C(C(C)(CC)CC(C)C)C=CC2)CC=C1.[Cl-].[Cl-]. The number of halogens is 2. The standard InChI is InChI=1S/2C13H21.2ClH.Zr/c2*1-5-13(4,10-11(2)3)12-8-6-7-9-12;;;/h2*6,8,11H,5,7,10H2,1-4H3;2*1H;/q;;;;+2/p-2. The van der Waals surface area contributed by atoms with E-state index in [-0.39, 0.29) is 24.8 Å². The number of hydrogen-bond acceptors (Lipinski definition) is 0. The molecule has 2 aliphatic carbocycles. The van der Waals surface area contributed by atoms with E-state index in [0.29, 0.717) is 10.8 Å². The first-order valence-electron chi connectivity index (χ1n) is 11.2. The molecule has 0 saturated carbocycles. The van der Waals surface area contributed by atoms with Crippen LogP contribution >= 0.6 is 0 Å². The zero-order valence-corrected chi connectivity index (χ0v) is 23.9. The van der Waals surface area contributed by atoms with Gasteiger partial charge in [0.1, 0.15) is 0 Å². The van der Waals surface area contributed by atoms with Crippen molar-refractivity contribution in [3.63, 3.8) is 0 Å². The predicted octanol–water partition coefficient (Wildman–Crippen LogP) is 2.43. The minimum Gasteiger partial charge on any atom is -1.00 e. The Kier molecular flexibility index (Phi) is 12.6. The third-order valence-electron chi connectivity index (χ3n) is 6.74. The summed E-state index contributed by atoms with van der Waals surface area (Å²) in [7, 11) is 0. The molecule has 0 N–H and O–H groups in total.